The Morgan fingerprint density at radius 3 is 2.39 bits per heavy atom. The van der Waals surface area contributed by atoms with Crippen molar-refractivity contribution in [3.05, 3.63) is 41.5 Å². The van der Waals surface area contributed by atoms with E-state index in [0.717, 1.165) is 30.2 Å². The SMILES string of the molecule is Cc1nnc(CCc2ccc(N)cc2)n1C(C)C. The summed E-state index contributed by atoms with van der Waals surface area (Å²) in [5.74, 6) is 2.04. The largest absolute Gasteiger partial charge is 0.399 e. The molecule has 0 unspecified atom stereocenters. The molecule has 1 aromatic heterocycles. The van der Waals surface area contributed by atoms with Gasteiger partial charge < -0.3 is 10.3 Å². The minimum Gasteiger partial charge on any atom is -0.399 e. The van der Waals surface area contributed by atoms with E-state index in [4.69, 9.17) is 5.73 Å². The fourth-order valence-corrected chi connectivity index (χ4v) is 2.20. The number of rotatable bonds is 4. The van der Waals surface area contributed by atoms with E-state index in [1.807, 2.05) is 19.1 Å². The maximum atomic E-state index is 5.67. The highest BCUT2D eigenvalue weighted by Crippen LogP contribution is 2.14. The molecule has 96 valence electrons. The van der Waals surface area contributed by atoms with Crippen molar-refractivity contribution in [1.82, 2.24) is 14.8 Å². The zero-order valence-corrected chi connectivity index (χ0v) is 11.2. The predicted octanol–water partition coefficient (Wildman–Crippen LogP) is 2.53. The lowest BCUT2D eigenvalue weighted by molar-refractivity contribution is 0.552. The smallest absolute Gasteiger partial charge is 0.133 e. The Morgan fingerprint density at radius 2 is 1.78 bits per heavy atom. The molecule has 0 aliphatic rings. The Kier molecular flexibility index (Phi) is 3.65. The van der Waals surface area contributed by atoms with Gasteiger partial charge in [-0.2, -0.15) is 0 Å². The molecule has 0 atom stereocenters. The molecule has 0 aliphatic carbocycles. The molecule has 4 nitrogen and oxygen atoms in total. The van der Waals surface area contributed by atoms with Crippen molar-refractivity contribution >= 4 is 5.69 Å². The van der Waals surface area contributed by atoms with Gasteiger partial charge in [0.25, 0.3) is 0 Å². The number of benzene rings is 1. The van der Waals surface area contributed by atoms with E-state index in [1.165, 1.54) is 5.56 Å². The Bertz CT molecular complexity index is 511. The molecule has 0 bridgehead atoms. The minimum atomic E-state index is 0.404. The third-order valence-corrected chi connectivity index (χ3v) is 3.07. The van der Waals surface area contributed by atoms with Crippen LogP contribution < -0.4 is 5.73 Å². The molecule has 18 heavy (non-hydrogen) atoms. The van der Waals surface area contributed by atoms with Crippen molar-refractivity contribution in [3.63, 3.8) is 0 Å². The molecule has 1 aromatic carbocycles. The van der Waals surface area contributed by atoms with Gasteiger partial charge in [0, 0.05) is 18.2 Å². The summed E-state index contributed by atoms with van der Waals surface area (Å²) in [6.07, 6.45) is 1.87. The molecule has 0 amide bonds. The van der Waals surface area contributed by atoms with Crippen molar-refractivity contribution in [2.75, 3.05) is 5.73 Å². The number of anilines is 1. The molecule has 0 radical (unpaired) electrons. The Hall–Kier alpha value is -1.84. The monoisotopic (exact) mass is 244 g/mol. The van der Waals surface area contributed by atoms with Crippen molar-refractivity contribution in [2.45, 2.75) is 39.7 Å². The van der Waals surface area contributed by atoms with Crippen LogP contribution in [0.15, 0.2) is 24.3 Å². The summed E-state index contributed by atoms with van der Waals surface area (Å²) in [5, 5.41) is 8.42. The molecule has 2 aromatic rings. The molecule has 0 spiro atoms. The second-order valence-corrected chi connectivity index (χ2v) is 4.87. The lowest BCUT2D eigenvalue weighted by Gasteiger charge is -2.12. The zero-order chi connectivity index (χ0) is 13.1. The van der Waals surface area contributed by atoms with Gasteiger partial charge in [-0.1, -0.05) is 12.1 Å². The summed E-state index contributed by atoms with van der Waals surface area (Å²) in [5.41, 5.74) is 7.76. The lowest BCUT2D eigenvalue weighted by atomic mass is 10.1. The summed E-state index contributed by atoms with van der Waals surface area (Å²) in [7, 11) is 0. The summed E-state index contributed by atoms with van der Waals surface area (Å²) in [6, 6.07) is 8.42. The summed E-state index contributed by atoms with van der Waals surface area (Å²) < 4.78 is 2.19. The fraction of sp³-hybridized carbons (Fsp3) is 0.429. The number of hydrogen-bond donors (Lipinski definition) is 1. The van der Waals surface area contributed by atoms with Crippen LogP contribution in [0.3, 0.4) is 0 Å². The van der Waals surface area contributed by atoms with Crippen LogP contribution >= 0.6 is 0 Å². The predicted molar refractivity (Wildman–Crippen MR) is 73.4 cm³/mol. The van der Waals surface area contributed by atoms with Crippen LogP contribution in [0, 0.1) is 6.92 Å². The van der Waals surface area contributed by atoms with Gasteiger partial charge in [-0.15, -0.1) is 10.2 Å². The highest BCUT2D eigenvalue weighted by Gasteiger charge is 2.11. The molecule has 2 N–H and O–H groups in total. The summed E-state index contributed by atoms with van der Waals surface area (Å²) in [6.45, 7) is 6.31. The molecular weight excluding hydrogens is 224 g/mol. The standard InChI is InChI=1S/C14H20N4/c1-10(2)18-11(3)16-17-14(18)9-6-12-4-7-13(15)8-5-12/h4-5,7-8,10H,6,9,15H2,1-3H3. The Labute approximate surface area is 108 Å². The highest BCUT2D eigenvalue weighted by atomic mass is 15.3. The Morgan fingerprint density at radius 1 is 1.11 bits per heavy atom. The normalized spacial score (nSPS) is 11.1. The maximum Gasteiger partial charge on any atom is 0.133 e. The average molecular weight is 244 g/mol. The molecule has 4 heteroatoms. The van der Waals surface area contributed by atoms with E-state index in [2.05, 4.69) is 40.7 Å². The first kappa shape index (κ1) is 12.6. The van der Waals surface area contributed by atoms with Crippen molar-refractivity contribution in [2.24, 2.45) is 0 Å². The van der Waals surface area contributed by atoms with E-state index in [9.17, 15) is 0 Å². The number of nitrogens with zero attached hydrogens (tertiary/aromatic N) is 3. The van der Waals surface area contributed by atoms with Crippen molar-refractivity contribution in [3.8, 4) is 0 Å². The van der Waals surface area contributed by atoms with Crippen LogP contribution in [-0.4, -0.2) is 14.8 Å². The maximum absolute atomic E-state index is 5.67. The van der Waals surface area contributed by atoms with Gasteiger partial charge in [0.1, 0.15) is 11.6 Å². The second-order valence-electron chi connectivity index (χ2n) is 4.87. The molecule has 0 aliphatic heterocycles. The van der Waals surface area contributed by atoms with Crippen LogP contribution in [-0.2, 0) is 12.8 Å². The highest BCUT2D eigenvalue weighted by molar-refractivity contribution is 5.39. The van der Waals surface area contributed by atoms with Gasteiger partial charge in [0.05, 0.1) is 0 Å². The van der Waals surface area contributed by atoms with Gasteiger partial charge in [-0.25, -0.2) is 0 Å². The topological polar surface area (TPSA) is 56.7 Å². The van der Waals surface area contributed by atoms with Crippen LogP contribution in [0.25, 0.3) is 0 Å². The quantitative estimate of drug-likeness (QED) is 0.841. The van der Waals surface area contributed by atoms with E-state index in [1.54, 1.807) is 0 Å². The zero-order valence-electron chi connectivity index (χ0n) is 11.2. The minimum absolute atomic E-state index is 0.404. The van der Waals surface area contributed by atoms with E-state index in [0.29, 0.717) is 6.04 Å². The van der Waals surface area contributed by atoms with Crippen LogP contribution in [0.1, 0.15) is 37.1 Å². The summed E-state index contributed by atoms with van der Waals surface area (Å²) in [4.78, 5) is 0. The lowest BCUT2D eigenvalue weighted by Crippen LogP contribution is -2.09. The molecule has 2 rings (SSSR count). The number of hydrogen-bond acceptors (Lipinski definition) is 3. The van der Waals surface area contributed by atoms with Crippen LogP contribution in [0.4, 0.5) is 5.69 Å². The average Bonchev–Trinajstić information content (AvgIpc) is 2.70. The van der Waals surface area contributed by atoms with Crippen LogP contribution in [0.5, 0.6) is 0 Å². The van der Waals surface area contributed by atoms with Gasteiger partial charge >= 0.3 is 0 Å². The van der Waals surface area contributed by atoms with Gasteiger partial charge in [-0.3, -0.25) is 0 Å². The molecule has 0 saturated heterocycles. The first-order valence-electron chi connectivity index (χ1n) is 6.32. The van der Waals surface area contributed by atoms with Crippen molar-refractivity contribution in [1.29, 1.82) is 0 Å². The van der Waals surface area contributed by atoms with E-state index >= 15 is 0 Å². The van der Waals surface area contributed by atoms with E-state index in [-0.39, 0.29) is 0 Å². The Balaban J connectivity index is 2.08. The van der Waals surface area contributed by atoms with E-state index < -0.39 is 0 Å². The summed E-state index contributed by atoms with van der Waals surface area (Å²) >= 11 is 0. The first-order valence-corrected chi connectivity index (χ1v) is 6.32. The third kappa shape index (κ3) is 2.70. The van der Waals surface area contributed by atoms with Crippen molar-refractivity contribution < 1.29 is 0 Å². The molecular formula is C14H20N4. The third-order valence-electron chi connectivity index (χ3n) is 3.07. The van der Waals surface area contributed by atoms with Gasteiger partial charge in [0.15, 0.2) is 0 Å². The number of aromatic nitrogens is 3. The van der Waals surface area contributed by atoms with Crippen LogP contribution in [0.2, 0.25) is 0 Å². The first-order chi connectivity index (χ1) is 8.58. The molecule has 1 heterocycles. The van der Waals surface area contributed by atoms with Gasteiger partial charge in [0.2, 0.25) is 0 Å². The number of nitrogens with two attached hydrogens (primary N) is 1. The second kappa shape index (κ2) is 5.21. The number of aryl methyl sites for hydroxylation is 3. The molecule has 0 saturated carbocycles. The van der Waals surface area contributed by atoms with Gasteiger partial charge in [-0.05, 0) is 44.9 Å². The molecule has 0 fully saturated rings. The fourth-order valence-electron chi connectivity index (χ4n) is 2.20. The number of nitrogen functional groups attached to an aromatic ring is 1.